The summed E-state index contributed by atoms with van der Waals surface area (Å²) in [7, 11) is 4.03. The van der Waals surface area contributed by atoms with E-state index in [-0.39, 0.29) is 30.6 Å². The van der Waals surface area contributed by atoms with Crippen molar-refractivity contribution in [2.75, 3.05) is 27.2 Å². The molecule has 0 aromatic heterocycles. The molecule has 0 saturated heterocycles. The lowest BCUT2D eigenvalue weighted by atomic mass is 10.0. The Morgan fingerprint density at radius 2 is 1.07 bits per heavy atom. The Hall–Kier alpha value is -1.10. The first-order valence-electron chi connectivity index (χ1n) is 17.8. The second-order valence-corrected chi connectivity index (χ2v) is 13.3. The average molecular weight is 582 g/mol. The maximum absolute atomic E-state index is 12.7. The fourth-order valence-corrected chi connectivity index (χ4v) is 5.20. The lowest BCUT2D eigenvalue weighted by Gasteiger charge is -2.21. The van der Waals surface area contributed by atoms with Crippen LogP contribution in [-0.2, 0) is 19.1 Å². The Morgan fingerprint density at radius 1 is 0.610 bits per heavy atom. The van der Waals surface area contributed by atoms with E-state index in [1.54, 1.807) is 0 Å². The van der Waals surface area contributed by atoms with Gasteiger partial charge in [-0.1, -0.05) is 143 Å². The Bertz CT molecular complexity index is 592. The van der Waals surface area contributed by atoms with Crippen LogP contribution < -0.4 is 0 Å². The van der Waals surface area contributed by atoms with Crippen molar-refractivity contribution in [3.63, 3.8) is 0 Å². The zero-order chi connectivity index (χ0) is 30.6. The van der Waals surface area contributed by atoms with Gasteiger partial charge in [-0.3, -0.25) is 9.59 Å². The molecule has 5 nitrogen and oxygen atoms in total. The summed E-state index contributed by atoms with van der Waals surface area (Å²) in [5.41, 5.74) is 0. The topological polar surface area (TPSA) is 55.8 Å². The number of carbonyl (C=O) groups is 2. The first kappa shape index (κ1) is 39.9. The molecular formula is C36H71NO4. The molecule has 244 valence electrons. The summed E-state index contributed by atoms with van der Waals surface area (Å²) in [4.78, 5) is 27.2. The molecule has 0 bridgehead atoms. The van der Waals surface area contributed by atoms with Gasteiger partial charge in [0.2, 0.25) is 0 Å². The summed E-state index contributed by atoms with van der Waals surface area (Å²) < 4.78 is 11.5. The highest BCUT2D eigenvalue weighted by Crippen LogP contribution is 2.17. The van der Waals surface area contributed by atoms with Crippen LogP contribution in [0.15, 0.2) is 0 Å². The van der Waals surface area contributed by atoms with Crippen LogP contribution in [0.2, 0.25) is 0 Å². The van der Waals surface area contributed by atoms with Gasteiger partial charge in [0.05, 0.1) is 5.92 Å². The number of esters is 2. The normalized spacial score (nSPS) is 13.1. The third-order valence-corrected chi connectivity index (χ3v) is 8.17. The van der Waals surface area contributed by atoms with Gasteiger partial charge in [0.25, 0.3) is 0 Å². The van der Waals surface area contributed by atoms with Gasteiger partial charge in [-0.15, -0.1) is 0 Å². The molecule has 0 saturated carbocycles. The second-order valence-electron chi connectivity index (χ2n) is 13.3. The fraction of sp³-hybridized carbons (Fsp3) is 0.944. The maximum Gasteiger partial charge on any atom is 0.309 e. The van der Waals surface area contributed by atoms with E-state index in [4.69, 9.17) is 9.47 Å². The number of carbonyl (C=O) groups excluding carboxylic acids is 2. The van der Waals surface area contributed by atoms with Crippen molar-refractivity contribution in [1.82, 2.24) is 4.90 Å². The minimum Gasteiger partial charge on any atom is -0.462 e. The molecule has 0 spiro atoms. The molecule has 0 aromatic rings. The Kier molecular flexibility index (Phi) is 28.2. The molecule has 0 rings (SSSR count). The zero-order valence-electron chi connectivity index (χ0n) is 28.5. The van der Waals surface area contributed by atoms with Gasteiger partial charge in [-0.25, -0.2) is 0 Å². The molecular weight excluding hydrogens is 510 g/mol. The molecule has 0 aliphatic rings. The largest absolute Gasteiger partial charge is 0.462 e. The SMILES string of the molecule is CCCCCCCCCCCCC(COC(=O)CCCCCCCCCCCC(C)C)OC(=O)C(C)CCN(C)C. The Morgan fingerprint density at radius 3 is 1.56 bits per heavy atom. The number of ether oxygens (including phenoxy) is 2. The maximum atomic E-state index is 12.7. The fourth-order valence-electron chi connectivity index (χ4n) is 5.20. The van der Waals surface area contributed by atoms with Crippen LogP contribution in [0, 0.1) is 11.8 Å². The predicted octanol–water partition coefficient (Wildman–Crippen LogP) is 10.3. The third kappa shape index (κ3) is 28.8. The Labute approximate surface area is 256 Å². The van der Waals surface area contributed by atoms with Crippen LogP contribution in [0.5, 0.6) is 0 Å². The molecule has 0 amide bonds. The van der Waals surface area contributed by atoms with Crippen LogP contribution in [0.25, 0.3) is 0 Å². The van der Waals surface area contributed by atoms with E-state index in [1.165, 1.54) is 103 Å². The average Bonchev–Trinajstić information content (AvgIpc) is 2.93. The standard InChI is InChI=1S/C36H71NO4/c1-7-8-9-10-11-12-15-18-21-24-27-34(41-36(39)33(4)29-30-37(5)6)31-40-35(38)28-25-22-19-16-13-14-17-20-23-26-32(2)3/h32-34H,7-31H2,1-6H3. The van der Waals surface area contributed by atoms with Crippen molar-refractivity contribution in [2.24, 2.45) is 11.8 Å². The van der Waals surface area contributed by atoms with E-state index in [0.717, 1.165) is 51.0 Å². The van der Waals surface area contributed by atoms with Gasteiger partial charge in [-0.2, -0.15) is 0 Å². The summed E-state index contributed by atoms with van der Waals surface area (Å²) in [6.45, 7) is 9.85. The van der Waals surface area contributed by atoms with Gasteiger partial charge in [0.15, 0.2) is 0 Å². The molecule has 2 atom stereocenters. The van der Waals surface area contributed by atoms with Crippen molar-refractivity contribution in [1.29, 1.82) is 0 Å². The lowest BCUT2D eigenvalue weighted by molar-refractivity contribution is -0.162. The number of nitrogens with zero attached hydrogens (tertiary/aromatic N) is 1. The molecule has 0 heterocycles. The lowest BCUT2D eigenvalue weighted by Crippen LogP contribution is -2.29. The van der Waals surface area contributed by atoms with Crippen molar-refractivity contribution in [3.8, 4) is 0 Å². The smallest absolute Gasteiger partial charge is 0.309 e. The minimum atomic E-state index is -0.331. The van der Waals surface area contributed by atoms with Crippen LogP contribution in [0.4, 0.5) is 0 Å². The molecule has 2 unspecified atom stereocenters. The van der Waals surface area contributed by atoms with E-state index >= 15 is 0 Å². The second kappa shape index (κ2) is 29.0. The summed E-state index contributed by atoms with van der Waals surface area (Å²) in [6, 6.07) is 0. The van der Waals surface area contributed by atoms with Crippen molar-refractivity contribution in [3.05, 3.63) is 0 Å². The third-order valence-electron chi connectivity index (χ3n) is 8.17. The van der Waals surface area contributed by atoms with Gasteiger partial charge in [0, 0.05) is 6.42 Å². The minimum absolute atomic E-state index is 0.150. The number of hydrogen-bond acceptors (Lipinski definition) is 5. The molecule has 0 radical (unpaired) electrons. The molecule has 0 fully saturated rings. The van der Waals surface area contributed by atoms with E-state index in [1.807, 2.05) is 21.0 Å². The summed E-state index contributed by atoms with van der Waals surface area (Å²) >= 11 is 0. The first-order valence-corrected chi connectivity index (χ1v) is 17.8. The van der Waals surface area contributed by atoms with Crippen molar-refractivity contribution < 1.29 is 19.1 Å². The predicted molar refractivity (Wildman–Crippen MR) is 175 cm³/mol. The quantitative estimate of drug-likeness (QED) is 0.0624. The van der Waals surface area contributed by atoms with Crippen molar-refractivity contribution >= 4 is 11.9 Å². The molecule has 41 heavy (non-hydrogen) atoms. The summed E-state index contributed by atoms with van der Waals surface area (Å²) in [6.07, 6.45) is 26.9. The monoisotopic (exact) mass is 582 g/mol. The first-order chi connectivity index (χ1) is 19.8. The van der Waals surface area contributed by atoms with E-state index in [0.29, 0.717) is 6.42 Å². The molecule has 0 aliphatic heterocycles. The van der Waals surface area contributed by atoms with Gasteiger partial charge in [-0.05, 0) is 52.2 Å². The van der Waals surface area contributed by atoms with Crippen LogP contribution >= 0.6 is 0 Å². The van der Waals surface area contributed by atoms with Crippen molar-refractivity contribution in [2.45, 2.75) is 181 Å². The highest BCUT2D eigenvalue weighted by Gasteiger charge is 2.21. The van der Waals surface area contributed by atoms with Crippen LogP contribution in [0.1, 0.15) is 175 Å². The highest BCUT2D eigenvalue weighted by molar-refractivity contribution is 5.72. The van der Waals surface area contributed by atoms with E-state index in [9.17, 15) is 9.59 Å². The molecule has 0 aliphatic carbocycles. The highest BCUT2D eigenvalue weighted by atomic mass is 16.6. The molecule has 5 heteroatoms. The number of rotatable bonds is 30. The molecule has 0 N–H and O–H groups in total. The number of unbranched alkanes of at least 4 members (excludes halogenated alkanes) is 17. The Balaban J connectivity index is 4.20. The van der Waals surface area contributed by atoms with Crippen LogP contribution in [0.3, 0.4) is 0 Å². The number of hydrogen-bond donors (Lipinski definition) is 0. The summed E-state index contributed by atoms with van der Waals surface area (Å²) in [5.74, 6) is 0.358. The summed E-state index contributed by atoms with van der Waals surface area (Å²) in [5, 5.41) is 0. The van der Waals surface area contributed by atoms with Crippen LogP contribution in [-0.4, -0.2) is 50.2 Å². The van der Waals surface area contributed by atoms with Gasteiger partial charge < -0.3 is 14.4 Å². The zero-order valence-corrected chi connectivity index (χ0v) is 28.5. The van der Waals surface area contributed by atoms with E-state index < -0.39 is 0 Å². The molecule has 0 aromatic carbocycles. The van der Waals surface area contributed by atoms with Gasteiger partial charge >= 0.3 is 11.9 Å². The van der Waals surface area contributed by atoms with E-state index in [2.05, 4.69) is 25.7 Å². The van der Waals surface area contributed by atoms with Gasteiger partial charge in [0.1, 0.15) is 12.7 Å².